The van der Waals surface area contributed by atoms with Crippen molar-refractivity contribution in [2.75, 3.05) is 5.32 Å². The molecule has 3 nitrogen and oxygen atoms in total. The van der Waals surface area contributed by atoms with Gasteiger partial charge in [0.2, 0.25) is 0 Å². The number of H-pyrrole nitrogens is 1. The molecule has 0 unspecified atom stereocenters. The molecule has 0 aliphatic carbocycles. The highest BCUT2D eigenvalue weighted by atomic mass is 19.1. The fourth-order valence-electron chi connectivity index (χ4n) is 2.10. The summed E-state index contributed by atoms with van der Waals surface area (Å²) in [5, 5.41) is 3.28. The molecule has 0 fully saturated rings. The molecule has 2 aromatic carbocycles. The fourth-order valence-corrected chi connectivity index (χ4v) is 2.10. The van der Waals surface area contributed by atoms with Crippen LogP contribution in [0.3, 0.4) is 0 Å². The molecule has 0 bridgehead atoms. The number of aryl methyl sites for hydroxylation is 1. The van der Waals surface area contributed by atoms with Crippen molar-refractivity contribution in [2.45, 2.75) is 13.5 Å². The Morgan fingerprint density at radius 1 is 1.21 bits per heavy atom. The number of hydrogen-bond acceptors (Lipinski definition) is 2. The first-order chi connectivity index (χ1) is 9.20. The molecule has 0 radical (unpaired) electrons. The zero-order valence-electron chi connectivity index (χ0n) is 10.6. The first-order valence-corrected chi connectivity index (χ1v) is 6.15. The standard InChI is InChI=1S/C15H14FN3/c1-10-18-14-6-5-13(8-15(14)19-10)17-9-11-3-2-4-12(16)7-11/h2-8,17H,9H2,1H3,(H,18,19). The second-order valence-corrected chi connectivity index (χ2v) is 4.54. The second kappa shape index (κ2) is 4.72. The van der Waals surface area contributed by atoms with Gasteiger partial charge in [0.05, 0.1) is 11.0 Å². The van der Waals surface area contributed by atoms with Crippen molar-refractivity contribution < 1.29 is 4.39 Å². The summed E-state index contributed by atoms with van der Waals surface area (Å²) >= 11 is 0. The Balaban J connectivity index is 1.78. The molecule has 2 N–H and O–H groups in total. The topological polar surface area (TPSA) is 40.7 Å². The molecule has 0 aliphatic heterocycles. The van der Waals surface area contributed by atoms with Gasteiger partial charge < -0.3 is 10.3 Å². The second-order valence-electron chi connectivity index (χ2n) is 4.54. The number of halogens is 1. The van der Waals surface area contributed by atoms with Crippen molar-refractivity contribution in [2.24, 2.45) is 0 Å². The van der Waals surface area contributed by atoms with Gasteiger partial charge in [0.1, 0.15) is 11.6 Å². The van der Waals surface area contributed by atoms with Crippen LogP contribution in [0.4, 0.5) is 10.1 Å². The lowest BCUT2D eigenvalue weighted by Crippen LogP contribution is -1.99. The third-order valence-corrected chi connectivity index (χ3v) is 2.99. The van der Waals surface area contributed by atoms with E-state index in [0.29, 0.717) is 6.54 Å². The summed E-state index contributed by atoms with van der Waals surface area (Å²) in [4.78, 5) is 7.55. The van der Waals surface area contributed by atoms with Gasteiger partial charge in [-0.2, -0.15) is 0 Å². The Labute approximate surface area is 110 Å². The van der Waals surface area contributed by atoms with Crippen LogP contribution >= 0.6 is 0 Å². The summed E-state index contributed by atoms with van der Waals surface area (Å²) in [5.74, 6) is 0.691. The minimum atomic E-state index is -0.209. The zero-order chi connectivity index (χ0) is 13.2. The molecule has 1 heterocycles. The molecule has 3 rings (SSSR count). The predicted octanol–water partition coefficient (Wildman–Crippen LogP) is 3.62. The summed E-state index contributed by atoms with van der Waals surface area (Å²) in [7, 11) is 0. The number of aromatic amines is 1. The lowest BCUT2D eigenvalue weighted by molar-refractivity contribution is 0.626. The average Bonchev–Trinajstić information content (AvgIpc) is 2.75. The van der Waals surface area contributed by atoms with Gasteiger partial charge in [-0.15, -0.1) is 0 Å². The molecule has 0 saturated carbocycles. The normalized spacial score (nSPS) is 10.8. The summed E-state index contributed by atoms with van der Waals surface area (Å²) in [5.41, 5.74) is 3.86. The van der Waals surface area contributed by atoms with Gasteiger partial charge in [0, 0.05) is 12.2 Å². The molecule has 1 aromatic heterocycles. The molecular weight excluding hydrogens is 241 g/mol. The highest BCUT2D eigenvalue weighted by Crippen LogP contribution is 2.17. The van der Waals surface area contributed by atoms with Crippen molar-refractivity contribution >= 4 is 16.7 Å². The maximum absolute atomic E-state index is 13.1. The van der Waals surface area contributed by atoms with Crippen LogP contribution in [-0.4, -0.2) is 9.97 Å². The minimum absolute atomic E-state index is 0.209. The molecule has 19 heavy (non-hydrogen) atoms. The van der Waals surface area contributed by atoms with Gasteiger partial charge in [-0.25, -0.2) is 9.37 Å². The van der Waals surface area contributed by atoms with Crippen LogP contribution in [0, 0.1) is 12.7 Å². The van der Waals surface area contributed by atoms with E-state index in [1.54, 1.807) is 6.07 Å². The van der Waals surface area contributed by atoms with Gasteiger partial charge in [-0.3, -0.25) is 0 Å². The molecule has 0 amide bonds. The lowest BCUT2D eigenvalue weighted by atomic mass is 10.2. The summed E-state index contributed by atoms with van der Waals surface area (Å²) < 4.78 is 13.1. The zero-order valence-corrected chi connectivity index (χ0v) is 10.6. The van der Waals surface area contributed by atoms with Crippen LogP contribution in [0.15, 0.2) is 42.5 Å². The van der Waals surface area contributed by atoms with Crippen LogP contribution < -0.4 is 5.32 Å². The van der Waals surface area contributed by atoms with Gasteiger partial charge in [0.25, 0.3) is 0 Å². The van der Waals surface area contributed by atoms with E-state index in [-0.39, 0.29) is 5.82 Å². The summed E-state index contributed by atoms with van der Waals surface area (Å²) in [6.45, 7) is 2.52. The highest BCUT2D eigenvalue weighted by molar-refractivity contribution is 5.79. The predicted molar refractivity (Wildman–Crippen MR) is 74.6 cm³/mol. The highest BCUT2D eigenvalue weighted by Gasteiger charge is 2.01. The van der Waals surface area contributed by atoms with Gasteiger partial charge >= 0.3 is 0 Å². The molecular formula is C15H14FN3. The Bertz CT molecular complexity index is 718. The molecule has 0 atom stereocenters. The Hall–Kier alpha value is -2.36. The number of hydrogen-bond donors (Lipinski definition) is 2. The number of benzene rings is 2. The number of rotatable bonds is 3. The fraction of sp³-hybridized carbons (Fsp3) is 0.133. The van der Waals surface area contributed by atoms with E-state index in [2.05, 4.69) is 15.3 Å². The van der Waals surface area contributed by atoms with Crippen LogP contribution in [0.1, 0.15) is 11.4 Å². The van der Waals surface area contributed by atoms with Crippen LogP contribution in [0.5, 0.6) is 0 Å². The van der Waals surface area contributed by atoms with Crippen LogP contribution in [0.2, 0.25) is 0 Å². The number of fused-ring (bicyclic) bond motifs is 1. The van der Waals surface area contributed by atoms with Crippen LogP contribution in [-0.2, 0) is 6.54 Å². The molecule has 0 aliphatic rings. The third-order valence-electron chi connectivity index (χ3n) is 2.99. The van der Waals surface area contributed by atoms with Crippen LogP contribution in [0.25, 0.3) is 11.0 Å². The van der Waals surface area contributed by atoms with E-state index >= 15 is 0 Å². The first kappa shape index (κ1) is 11.7. The molecule has 3 aromatic rings. The van der Waals surface area contributed by atoms with E-state index in [1.807, 2.05) is 31.2 Å². The van der Waals surface area contributed by atoms with Crippen molar-refractivity contribution in [3.05, 3.63) is 59.7 Å². The number of anilines is 1. The van der Waals surface area contributed by atoms with Gasteiger partial charge in [-0.1, -0.05) is 12.1 Å². The molecule has 96 valence electrons. The van der Waals surface area contributed by atoms with E-state index in [4.69, 9.17) is 0 Å². The lowest BCUT2D eigenvalue weighted by Gasteiger charge is -2.06. The number of nitrogens with one attached hydrogen (secondary N) is 2. The van der Waals surface area contributed by atoms with Crippen molar-refractivity contribution in [1.82, 2.24) is 9.97 Å². The Morgan fingerprint density at radius 2 is 2.11 bits per heavy atom. The largest absolute Gasteiger partial charge is 0.381 e. The molecule has 0 spiro atoms. The third kappa shape index (κ3) is 2.57. The number of nitrogens with zero attached hydrogens (tertiary/aromatic N) is 1. The average molecular weight is 255 g/mol. The van der Waals surface area contributed by atoms with Crippen molar-refractivity contribution in [3.63, 3.8) is 0 Å². The quantitative estimate of drug-likeness (QED) is 0.750. The van der Waals surface area contributed by atoms with Gasteiger partial charge in [0.15, 0.2) is 0 Å². The van der Waals surface area contributed by atoms with E-state index in [1.165, 1.54) is 12.1 Å². The van der Waals surface area contributed by atoms with Crippen molar-refractivity contribution in [1.29, 1.82) is 0 Å². The van der Waals surface area contributed by atoms with E-state index in [0.717, 1.165) is 28.1 Å². The summed E-state index contributed by atoms with van der Waals surface area (Å²) in [6.07, 6.45) is 0. The van der Waals surface area contributed by atoms with E-state index < -0.39 is 0 Å². The molecule has 0 saturated heterocycles. The van der Waals surface area contributed by atoms with Gasteiger partial charge in [-0.05, 0) is 42.8 Å². The maximum atomic E-state index is 13.1. The monoisotopic (exact) mass is 255 g/mol. The number of aromatic nitrogens is 2. The first-order valence-electron chi connectivity index (χ1n) is 6.15. The maximum Gasteiger partial charge on any atom is 0.123 e. The summed E-state index contributed by atoms with van der Waals surface area (Å²) in [6, 6.07) is 12.5. The van der Waals surface area contributed by atoms with Crippen molar-refractivity contribution in [3.8, 4) is 0 Å². The smallest absolute Gasteiger partial charge is 0.123 e. The minimum Gasteiger partial charge on any atom is -0.381 e. The SMILES string of the molecule is Cc1nc2ccc(NCc3cccc(F)c3)cc2[nH]1. The Kier molecular flexibility index (Phi) is 2.91. The Morgan fingerprint density at radius 3 is 2.95 bits per heavy atom. The van der Waals surface area contributed by atoms with E-state index in [9.17, 15) is 4.39 Å². The number of imidazole rings is 1. The molecule has 4 heteroatoms.